The summed E-state index contributed by atoms with van der Waals surface area (Å²) < 4.78 is 0. The second kappa shape index (κ2) is 5.82. The third-order valence-electron chi connectivity index (χ3n) is 3.29. The van der Waals surface area contributed by atoms with Crippen molar-refractivity contribution in [2.45, 2.75) is 12.6 Å². The fraction of sp³-hybridized carbons (Fsp3) is 0.267. The molecule has 0 radical (unpaired) electrons. The lowest BCUT2D eigenvalue weighted by atomic mass is 10.0. The minimum Gasteiger partial charge on any atom is -0.480 e. The Balaban J connectivity index is 2.28. The fourth-order valence-electron chi connectivity index (χ4n) is 2.22. The molecule has 4 heteroatoms. The van der Waals surface area contributed by atoms with Crippen molar-refractivity contribution in [1.82, 2.24) is 4.90 Å². The van der Waals surface area contributed by atoms with E-state index in [9.17, 15) is 4.79 Å². The van der Waals surface area contributed by atoms with Crippen molar-refractivity contribution in [3.63, 3.8) is 0 Å². The van der Waals surface area contributed by atoms with Gasteiger partial charge in [0.1, 0.15) is 6.04 Å². The maximum atomic E-state index is 11.0. The van der Waals surface area contributed by atoms with Gasteiger partial charge in [-0.3, -0.25) is 9.69 Å². The predicted octanol–water partition coefficient (Wildman–Crippen LogP) is 1.72. The maximum absolute atomic E-state index is 11.0. The van der Waals surface area contributed by atoms with Gasteiger partial charge in [0.05, 0.1) is 6.61 Å². The van der Waals surface area contributed by atoms with E-state index in [1.54, 1.807) is 11.9 Å². The van der Waals surface area contributed by atoms with Crippen LogP contribution in [0.2, 0.25) is 0 Å². The van der Waals surface area contributed by atoms with E-state index in [0.29, 0.717) is 6.54 Å². The van der Waals surface area contributed by atoms with Crippen LogP contribution < -0.4 is 0 Å². The Hall–Kier alpha value is -1.91. The molecule has 0 aliphatic heterocycles. The lowest BCUT2D eigenvalue weighted by Crippen LogP contribution is -2.40. The maximum Gasteiger partial charge on any atom is 0.323 e. The average molecular weight is 259 g/mol. The van der Waals surface area contributed by atoms with E-state index in [0.717, 1.165) is 16.3 Å². The third kappa shape index (κ3) is 2.92. The summed E-state index contributed by atoms with van der Waals surface area (Å²) in [6, 6.07) is 13.1. The van der Waals surface area contributed by atoms with Crippen LogP contribution in [-0.4, -0.2) is 40.8 Å². The number of rotatable bonds is 5. The molecule has 2 aromatic rings. The highest BCUT2D eigenvalue weighted by Crippen LogP contribution is 2.20. The molecule has 0 saturated heterocycles. The molecule has 0 bridgehead atoms. The zero-order valence-corrected chi connectivity index (χ0v) is 10.8. The van der Waals surface area contributed by atoms with E-state index in [1.165, 1.54) is 0 Å². The van der Waals surface area contributed by atoms with Crippen LogP contribution >= 0.6 is 0 Å². The van der Waals surface area contributed by atoms with Gasteiger partial charge in [0.2, 0.25) is 0 Å². The molecule has 19 heavy (non-hydrogen) atoms. The number of carboxylic acids is 1. The molecule has 2 rings (SSSR count). The fourth-order valence-corrected chi connectivity index (χ4v) is 2.22. The van der Waals surface area contributed by atoms with Crippen LogP contribution in [-0.2, 0) is 11.3 Å². The summed E-state index contributed by atoms with van der Waals surface area (Å²) >= 11 is 0. The van der Waals surface area contributed by atoms with E-state index in [4.69, 9.17) is 10.2 Å². The summed E-state index contributed by atoms with van der Waals surface area (Å²) in [6.07, 6.45) is 0. The number of carbonyl (C=O) groups is 1. The summed E-state index contributed by atoms with van der Waals surface area (Å²) in [7, 11) is 1.71. The standard InChI is InChI=1S/C15H17NO3/c1-16(14(10-17)15(18)19)9-12-7-4-6-11-5-2-3-8-13(11)12/h2-8,14,17H,9-10H2,1H3,(H,18,19). The molecule has 1 unspecified atom stereocenters. The van der Waals surface area contributed by atoms with Gasteiger partial charge in [-0.05, 0) is 23.4 Å². The molecule has 0 aliphatic carbocycles. The quantitative estimate of drug-likeness (QED) is 0.858. The first-order valence-electron chi connectivity index (χ1n) is 6.14. The lowest BCUT2D eigenvalue weighted by molar-refractivity contribution is -0.144. The molecule has 0 saturated carbocycles. The Morgan fingerprint density at radius 1 is 1.21 bits per heavy atom. The molecule has 0 fully saturated rings. The Kier molecular flexibility index (Phi) is 4.14. The van der Waals surface area contributed by atoms with Crippen LogP contribution in [0.5, 0.6) is 0 Å². The van der Waals surface area contributed by atoms with Crippen molar-refractivity contribution in [2.24, 2.45) is 0 Å². The highest BCUT2D eigenvalue weighted by Gasteiger charge is 2.21. The molecular formula is C15H17NO3. The van der Waals surface area contributed by atoms with Gasteiger partial charge in [-0.1, -0.05) is 42.5 Å². The number of fused-ring (bicyclic) bond motifs is 1. The Morgan fingerprint density at radius 2 is 1.89 bits per heavy atom. The monoisotopic (exact) mass is 259 g/mol. The van der Waals surface area contributed by atoms with E-state index < -0.39 is 18.6 Å². The zero-order valence-electron chi connectivity index (χ0n) is 10.8. The molecule has 0 amide bonds. The minimum absolute atomic E-state index is 0.392. The Labute approximate surface area is 111 Å². The highest BCUT2D eigenvalue weighted by atomic mass is 16.4. The number of hydrogen-bond donors (Lipinski definition) is 2. The predicted molar refractivity (Wildman–Crippen MR) is 73.9 cm³/mol. The molecular weight excluding hydrogens is 242 g/mol. The summed E-state index contributed by atoms with van der Waals surface area (Å²) in [5.41, 5.74) is 1.06. The topological polar surface area (TPSA) is 60.8 Å². The van der Waals surface area contributed by atoms with Crippen molar-refractivity contribution in [2.75, 3.05) is 13.7 Å². The third-order valence-corrected chi connectivity index (χ3v) is 3.29. The number of aliphatic hydroxyl groups excluding tert-OH is 1. The summed E-state index contributed by atoms with van der Waals surface area (Å²) in [5, 5.41) is 20.4. The minimum atomic E-state index is -1.01. The highest BCUT2D eigenvalue weighted by molar-refractivity contribution is 5.85. The molecule has 0 heterocycles. The zero-order chi connectivity index (χ0) is 13.8. The summed E-state index contributed by atoms with van der Waals surface area (Å²) in [5.74, 6) is -1.01. The van der Waals surface area contributed by atoms with Crippen LogP contribution in [0.4, 0.5) is 0 Å². The van der Waals surface area contributed by atoms with Gasteiger partial charge in [0, 0.05) is 6.54 Å². The molecule has 2 aromatic carbocycles. The lowest BCUT2D eigenvalue weighted by Gasteiger charge is -2.23. The number of hydrogen-bond acceptors (Lipinski definition) is 3. The van der Waals surface area contributed by atoms with Crippen LogP contribution in [0.25, 0.3) is 10.8 Å². The van der Waals surface area contributed by atoms with Crippen molar-refractivity contribution in [3.05, 3.63) is 48.0 Å². The molecule has 0 aliphatic rings. The van der Waals surface area contributed by atoms with Crippen LogP contribution in [0.1, 0.15) is 5.56 Å². The van der Waals surface area contributed by atoms with Crippen molar-refractivity contribution in [3.8, 4) is 0 Å². The van der Waals surface area contributed by atoms with Crippen LogP contribution in [0.3, 0.4) is 0 Å². The number of aliphatic carboxylic acids is 1. The van der Waals surface area contributed by atoms with E-state index in [1.807, 2.05) is 42.5 Å². The second-order valence-corrected chi connectivity index (χ2v) is 4.59. The van der Waals surface area contributed by atoms with Crippen molar-refractivity contribution >= 4 is 16.7 Å². The first-order chi connectivity index (χ1) is 9.13. The Bertz CT molecular complexity index is 577. The van der Waals surface area contributed by atoms with E-state index in [-0.39, 0.29) is 0 Å². The molecule has 4 nitrogen and oxygen atoms in total. The van der Waals surface area contributed by atoms with E-state index >= 15 is 0 Å². The van der Waals surface area contributed by atoms with Gasteiger partial charge in [-0.15, -0.1) is 0 Å². The first-order valence-corrected chi connectivity index (χ1v) is 6.14. The summed E-state index contributed by atoms with van der Waals surface area (Å²) in [4.78, 5) is 12.7. The van der Waals surface area contributed by atoms with Gasteiger partial charge in [-0.2, -0.15) is 0 Å². The normalized spacial score (nSPS) is 12.8. The van der Waals surface area contributed by atoms with Gasteiger partial charge in [0.15, 0.2) is 0 Å². The average Bonchev–Trinajstić information content (AvgIpc) is 2.39. The SMILES string of the molecule is CN(Cc1cccc2ccccc12)C(CO)C(=O)O. The Morgan fingerprint density at radius 3 is 2.58 bits per heavy atom. The molecule has 0 spiro atoms. The number of nitrogens with zero attached hydrogens (tertiary/aromatic N) is 1. The first kappa shape index (κ1) is 13.5. The van der Waals surface area contributed by atoms with Gasteiger partial charge < -0.3 is 10.2 Å². The largest absolute Gasteiger partial charge is 0.480 e. The van der Waals surface area contributed by atoms with E-state index in [2.05, 4.69) is 0 Å². The molecule has 2 N–H and O–H groups in total. The summed E-state index contributed by atoms with van der Waals surface area (Å²) in [6.45, 7) is 0.0927. The number of benzene rings is 2. The number of likely N-dealkylation sites (N-methyl/N-ethyl adjacent to an activating group) is 1. The number of aliphatic hydroxyl groups is 1. The molecule has 0 aromatic heterocycles. The van der Waals surface area contributed by atoms with Crippen LogP contribution in [0, 0.1) is 0 Å². The van der Waals surface area contributed by atoms with Gasteiger partial charge in [0.25, 0.3) is 0 Å². The number of carboxylic acid groups (broad SMARTS) is 1. The van der Waals surface area contributed by atoms with Gasteiger partial charge >= 0.3 is 5.97 Å². The molecule has 100 valence electrons. The van der Waals surface area contributed by atoms with Crippen molar-refractivity contribution in [1.29, 1.82) is 0 Å². The smallest absolute Gasteiger partial charge is 0.323 e. The molecule has 1 atom stereocenters. The second-order valence-electron chi connectivity index (χ2n) is 4.59. The van der Waals surface area contributed by atoms with Gasteiger partial charge in [-0.25, -0.2) is 0 Å². The van der Waals surface area contributed by atoms with Crippen LogP contribution in [0.15, 0.2) is 42.5 Å². The van der Waals surface area contributed by atoms with Crippen molar-refractivity contribution < 1.29 is 15.0 Å².